The van der Waals surface area contributed by atoms with Crippen LogP contribution in [-0.2, 0) is 19.6 Å². The maximum Gasteiger partial charge on any atom is 0.289 e. The van der Waals surface area contributed by atoms with Gasteiger partial charge in [0.2, 0.25) is 5.91 Å². The number of amides is 1. The maximum absolute atomic E-state index is 13.6. The topological polar surface area (TPSA) is 137 Å². The quantitative estimate of drug-likeness (QED) is 0.404. The highest BCUT2D eigenvalue weighted by atomic mass is 32.2. The lowest BCUT2D eigenvalue weighted by molar-refractivity contribution is -0.387. The highest BCUT2D eigenvalue weighted by molar-refractivity contribution is 7.93. The third-order valence-electron chi connectivity index (χ3n) is 5.12. The van der Waals surface area contributed by atoms with Gasteiger partial charge in [0.25, 0.3) is 15.7 Å². The first-order chi connectivity index (χ1) is 15.8. The zero-order valence-electron chi connectivity index (χ0n) is 18.2. The molecule has 1 saturated heterocycles. The SMILES string of the molecule is COc1ccc(N(CC(=O)NCC2CCCO2)S(=O)(=O)c2ccccc2[N+](=O)[O-])c(OC)c1. The van der Waals surface area contributed by atoms with Crippen molar-refractivity contribution in [3.05, 3.63) is 52.6 Å². The van der Waals surface area contributed by atoms with Crippen LogP contribution in [0.3, 0.4) is 0 Å². The molecule has 178 valence electrons. The average Bonchev–Trinajstić information content (AvgIpc) is 3.34. The zero-order valence-corrected chi connectivity index (χ0v) is 19.0. The van der Waals surface area contributed by atoms with E-state index < -0.39 is 38.0 Å². The molecular weight excluding hydrogens is 454 g/mol. The van der Waals surface area contributed by atoms with Gasteiger partial charge in [-0.3, -0.25) is 19.2 Å². The lowest BCUT2D eigenvalue weighted by atomic mass is 10.2. The van der Waals surface area contributed by atoms with Crippen LogP contribution in [0.4, 0.5) is 11.4 Å². The molecule has 12 heteroatoms. The molecule has 1 atom stereocenters. The van der Waals surface area contributed by atoms with Crippen LogP contribution in [0, 0.1) is 10.1 Å². The van der Waals surface area contributed by atoms with E-state index in [0.717, 1.165) is 29.3 Å². The second-order valence-corrected chi connectivity index (χ2v) is 9.04. The number of anilines is 1. The number of benzene rings is 2. The van der Waals surface area contributed by atoms with Crippen molar-refractivity contribution in [2.75, 3.05) is 38.2 Å². The monoisotopic (exact) mass is 479 g/mol. The average molecular weight is 480 g/mol. The van der Waals surface area contributed by atoms with Crippen LogP contribution in [0.25, 0.3) is 0 Å². The van der Waals surface area contributed by atoms with Crippen LogP contribution in [-0.4, -0.2) is 59.3 Å². The van der Waals surface area contributed by atoms with E-state index in [1.807, 2.05) is 0 Å². The van der Waals surface area contributed by atoms with Gasteiger partial charge in [0, 0.05) is 25.3 Å². The molecule has 0 radical (unpaired) electrons. The summed E-state index contributed by atoms with van der Waals surface area (Å²) < 4.78 is 44.0. The van der Waals surface area contributed by atoms with Crippen LogP contribution < -0.4 is 19.1 Å². The van der Waals surface area contributed by atoms with Gasteiger partial charge in [-0.1, -0.05) is 12.1 Å². The molecule has 33 heavy (non-hydrogen) atoms. The van der Waals surface area contributed by atoms with E-state index in [1.54, 1.807) is 0 Å². The molecule has 0 spiro atoms. The fourth-order valence-corrected chi connectivity index (χ4v) is 5.05. The lowest BCUT2D eigenvalue weighted by Gasteiger charge is -2.26. The second-order valence-electron chi connectivity index (χ2n) is 7.21. The molecular formula is C21H25N3O8S. The molecule has 0 bridgehead atoms. The third-order valence-corrected chi connectivity index (χ3v) is 6.93. The maximum atomic E-state index is 13.6. The van der Waals surface area contributed by atoms with E-state index in [1.165, 1.54) is 44.6 Å². The van der Waals surface area contributed by atoms with Crippen molar-refractivity contribution in [1.82, 2.24) is 5.32 Å². The van der Waals surface area contributed by atoms with Crippen LogP contribution >= 0.6 is 0 Å². The molecule has 1 fully saturated rings. The van der Waals surface area contributed by atoms with E-state index in [-0.39, 0.29) is 24.1 Å². The molecule has 1 N–H and O–H groups in total. The molecule has 1 aliphatic heterocycles. The Kier molecular flexibility index (Phi) is 7.71. The van der Waals surface area contributed by atoms with Gasteiger partial charge in [-0.2, -0.15) is 0 Å². The Morgan fingerprint density at radius 3 is 2.64 bits per heavy atom. The van der Waals surface area contributed by atoms with Gasteiger partial charge in [-0.05, 0) is 31.0 Å². The summed E-state index contributed by atoms with van der Waals surface area (Å²) in [6, 6.07) is 9.34. The Morgan fingerprint density at radius 1 is 1.24 bits per heavy atom. The Hall–Kier alpha value is -3.38. The van der Waals surface area contributed by atoms with Crippen LogP contribution in [0.15, 0.2) is 47.4 Å². The molecule has 2 aromatic carbocycles. The first-order valence-electron chi connectivity index (χ1n) is 10.1. The fraction of sp³-hybridized carbons (Fsp3) is 0.381. The summed E-state index contributed by atoms with van der Waals surface area (Å²) in [6.07, 6.45) is 1.55. The smallest absolute Gasteiger partial charge is 0.289 e. The minimum atomic E-state index is -4.54. The van der Waals surface area contributed by atoms with Crippen molar-refractivity contribution in [2.24, 2.45) is 0 Å². The highest BCUT2D eigenvalue weighted by Crippen LogP contribution is 2.37. The number of nitro benzene ring substituents is 1. The van der Waals surface area contributed by atoms with E-state index in [2.05, 4.69) is 5.32 Å². The Balaban J connectivity index is 2.02. The number of nitrogens with zero attached hydrogens (tertiary/aromatic N) is 2. The van der Waals surface area contributed by atoms with Gasteiger partial charge in [0.05, 0.1) is 30.9 Å². The van der Waals surface area contributed by atoms with Crippen LogP contribution in [0.2, 0.25) is 0 Å². The van der Waals surface area contributed by atoms with E-state index in [4.69, 9.17) is 14.2 Å². The van der Waals surface area contributed by atoms with E-state index >= 15 is 0 Å². The molecule has 0 aliphatic carbocycles. The highest BCUT2D eigenvalue weighted by Gasteiger charge is 2.34. The van der Waals surface area contributed by atoms with E-state index in [0.29, 0.717) is 12.4 Å². The normalized spacial score (nSPS) is 15.6. The Labute approximate surface area is 191 Å². The predicted molar refractivity (Wildman–Crippen MR) is 119 cm³/mol. The number of sulfonamides is 1. The first kappa shape index (κ1) is 24.3. The van der Waals surface area contributed by atoms with Crippen LogP contribution in [0.1, 0.15) is 12.8 Å². The Bertz CT molecular complexity index is 1120. The van der Waals surface area contributed by atoms with Gasteiger partial charge in [-0.15, -0.1) is 0 Å². The number of methoxy groups -OCH3 is 2. The number of carbonyl (C=O) groups excluding carboxylic acids is 1. The fourth-order valence-electron chi connectivity index (χ4n) is 3.45. The minimum absolute atomic E-state index is 0.0312. The number of hydrogen-bond donors (Lipinski definition) is 1. The number of hydrogen-bond acceptors (Lipinski definition) is 8. The molecule has 2 aromatic rings. The summed E-state index contributed by atoms with van der Waals surface area (Å²) >= 11 is 0. The summed E-state index contributed by atoms with van der Waals surface area (Å²) in [6.45, 7) is 0.226. The van der Waals surface area contributed by atoms with Crippen molar-refractivity contribution in [3.63, 3.8) is 0 Å². The molecule has 0 aromatic heterocycles. The van der Waals surface area contributed by atoms with Crippen molar-refractivity contribution in [1.29, 1.82) is 0 Å². The molecule has 1 unspecified atom stereocenters. The zero-order chi connectivity index (χ0) is 24.0. The number of ether oxygens (including phenoxy) is 3. The van der Waals surface area contributed by atoms with Gasteiger partial charge in [0.1, 0.15) is 18.0 Å². The summed E-state index contributed by atoms with van der Waals surface area (Å²) in [7, 11) is -1.76. The standard InChI is InChI=1S/C21H25N3O8S/c1-30-15-9-10-17(19(12-15)31-2)23(14-21(25)22-13-16-6-5-11-32-16)33(28,29)20-8-4-3-7-18(20)24(26)27/h3-4,7-10,12,16H,5-6,11,13-14H2,1-2H3,(H,22,25). The summed E-state index contributed by atoms with van der Waals surface area (Å²) in [5.74, 6) is -0.0737. The summed E-state index contributed by atoms with van der Waals surface area (Å²) in [5.41, 5.74) is -0.571. The van der Waals surface area contributed by atoms with Crippen LogP contribution in [0.5, 0.6) is 11.5 Å². The van der Waals surface area contributed by atoms with Gasteiger partial charge >= 0.3 is 0 Å². The van der Waals surface area contributed by atoms with Crippen molar-refractivity contribution >= 4 is 27.3 Å². The number of nitro groups is 1. The third kappa shape index (κ3) is 5.52. The molecule has 1 heterocycles. The number of carbonyl (C=O) groups is 1. The van der Waals surface area contributed by atoms with Crippen molar-refractivity contribution in [2.45, 2.75) is 23.8 Å². The van der Waals surface area contributed by atoms with Gasteiger partial charge in [0.15, 0.2) is 4.90 Å². The van der Waals surface area contributed by atoms with Gasteiger partial charge < -0.3 is 19.5 Å². The minimum Gasteiger partial charge on any atom is -0.497 e. The summed E-state index contributed by atoms with van der Waals surface area (Å²) in [5, 5.41) is 14.2. The Morgan fingerprint density at radius 2 is 2.00 bits per heavy atom. The second kappa shape index (κ2) is 10.5. The number of nitrogens with one attached hydrogen (secondary N) is 1. The number of para-hydroxylation sites is 1. The van der Waals surface area contributed by atoms with Gasteiger partial charge in [-0.25, -0.2) is 8.42 Å². The first-order valence-corrected chi connectivity index (χ1v) is 11.6. The lowest BCUT2D eigenvalue weighted by Crippen LogP contribution is -2.43. The predicted octanol–water partition coefficient (Wildman–Crippen LogP) is 2.10. The number of rotatable bonds is 10. The summed E-state index contributed by atoms with van der Waals surface area (Å²) in [4.78, 5) is 22.9. The molecule has 3 rings (SSSR count). The molecule has 1 amide bonds. The van der Waals surface area contributed by atoms with Crippen molar-refractivity contribution in [3.8, 4) is 11.5 Å². The van der Waals surface area contributed by atoms with E-state index in [9.17, 15) is 23.3 Å². The van der Waals surface area contributed by atoms with Crippen molar-refractivity contribution < 1.29 is 32.3 Å². The molecule has 11 nitrogen and oxygen atoms in total. The molecule has 1 aliphatic rings. The largest absolute Gasteiger partial charge is 0.497 e. The molecule has 0 saturated carbocycles.